The van der Waals surface area contributed by atoms with Crippen LogP contribution in [0.4, 0.5) is 11.4 Å². The Labute approximate surface area is 90.9 Å². The van der Waals surface area contributed by atoms with Crippen molar-refractivity contribution in [2.24, 2.45) is 0 Å². The van der Waals surface area contributed by atoms with Crippen LogP contribution >= 0.6 is 12.4 Å². The molecule has 0 aliphatic rings. The van der Waals surface area contributed by atoms with E-state index in [0.29, 0.717) is 6.54 Å². The number of nitrogen functional groups attached to an aromatic ring is 1. The van der Waals surface area contributed by atoms with Crippen LogP contribution < -0.4 is 10.6 Å². The van der Waals surface area contributed by atoms with Gasteiger partial charge < -0.3 is 15.7 Å². The molecule has 80 valence electrons. The zero-order chi connectivity index (χ0) is 9.68. The lowest BCUT2D eigenvalue weighted by Crippen LogP contribution is -2.25. The van der Waals surface area contributed by atoms with Gasteiger partial charge in [0.05, 0.1) is 6.61 Å². The van der Waals surface area contributed by atoms with E-state index in [-0.39, 0.29) is 19.0 Å². The number of aliphatic hydroxyl groups excluding tert-OH is 1. The number of hydrogen-bond acceptors (Lipinski definition) is 3. The summed E-state index contributed by atoms with van der Waals surface area (Å²) >= 11 is 0. The maximum atomic E-state index is 8.82. The molecule has 0 atom stereocenters. The Morgan fingerprint density at radius 1 is 1.29 bits per heavy atom. The van der Waals surface area contributed by atoms with Gasteiger partial charge in [0.1, 0.15) is 0 Å². The van der Waals surface area contributed by atoms with Crippen LogP contribution in [-0.2, 0) is 0 Å². The van der Waals surface area contributed by atoms with Gasteiger partial charge in [-0.3, -0.25) is 0 Å². The fraction of sp³-hybridized carbons (Fsp3) is 0.400. The van der Waals surface area contributed by atoms with E-state index in [1.165, 1.54) is 0 Å². The second-order valence-corrected chi connectivity index (χ2v) is 2.89. The third-order valence-electron chi connectivity index (χ3n) is 2.01. The Morgan fingerprint density at radius 3 is 2.29 bits per heavy atom. The van der Waals surface area contributed by atoms with E-state index in [2.05, 4.69) is 11.8 Å². The van der Waals surface area contributed by atoms with E-state index in [1.54, 1.807) is 0 Å². The maximum Gasteiger partial charge on any atom is 0.0606 e. The van der Waals surface area contributed by atoms with Crippen LogP contribution in [0.1, 0.15) is 6.92 Å². The van der Waals surface area contributed by atoms with Crippen molar-refractivity contribution in [3.05, 3.63) is 24.3 Å². The monoisotopic (exact) mass is 216 g/mol. The summed E-state index contributed by atoms with van der Waals surface area (Å²) in [5.41, 5.74) is 7.44. The van der Waals surface area contributed by atoms with Gasteiger partial charge in [-0.15, -0.1) is 12.4 Å². The summed E-state index contributed by atoms with van der Waals surface area (Å²) in [4.78, 5) is 2.10. The lowest BCUT2D eigenvalue weighted by atomic mass is 10.2. The number of aliphatic hydroxyl groups is 1. The second-order valence-electron chi connectivity index (χ2n) is 2.89. The molecular formula is C10H17ClN2O. The topological polar surface area (TPSA) is 49.5 Å². The van der Waals surface area contributed by atoms with Crippen LogP contribution in [0.5, 0.6) is 0 Å². The molecule has 0 spiro atoms. The molecule has 0 aliphatic heterocycles. The molecule has 3 N–H and O–H groups in total. The van der Waals surface area contributed by atoms with Crippen molar-refractivity contribution in [1.82, 2.24) is 0 Å². The van der Waals surface area contributed by atoms with Gasteiger partial charge in [0, 0.05) is 24.5 Å². The summed E-state index contributed by atoms with van der Waals surface area (Å²) in [6, 6.07) is 7.67. The van der Waals surface area contributed by atoms with Crippen molar-refractivity contribution >= 4 is 23.8 Å². The third-order valence-corrected chi connectivity index (χ3v) is 2.01. The highest BCUT2D eigenvalue weighted by Crippen LogP contribution is 2.15. The first-order valence-corrected chi connectivity index (χ1v) is 4.49. The van der Waals surface area contributed by atoms with Gasteiger partial charge in [0.15, 0.2) is 0 Å². The lowest BCUT2D eigenvalue weighted by molar-refractivity contribution is 0.302. The Hall–Kier alpha value is -0.930. The average molecular weight is 217 g/mol. The molecule has 0 aromatic heterocycles. The minimum Gasteiger partial charge on any atom is -0.399 e. The number of hydrogen-bond donors (Lipinski definition) is 2. The highest BCUT2D eigenvalue weighted by Gasteiger charge is 2.01. The predicted molar refractivity (Wildman–Crippen MR) is 63.1 cm³/mol. The zero-order valence-electron chi connectivity index (χ0n) is 8.31. The second kappa shape index (κ2) is 6.51. The molecule has 4 heteroatoms. The standard InChI is InChI=1S/C10H16N2O.ClH/c1-2-12(7-8-13)10-5-3-9(11)4-6-10;/h3-6,13H,2,7-8,11H2,1H3;1H. The Kier molecular flexibility index (Phi) is 6.08. The van der Waals surface area contributed by atoms with Gasteiger partial charge >= 0.3 is 0 Å². The summed E-state index contributed by atoms with van der Waals surface area (Å²) in [6.07, 6.45) is 0. The number of anilines is 2. The molecule has 0 saturated heterocycles. The van der Waals surface area contributed by atoms with Crippen molar-refractivity contribution < 1.29 is 5.11 Å². The normalized spacial score (nSPS) is 9.29. The largest absolute Gasteiger partial charge is 0.399 e. The van der Waals surface area contributed by atoms with Gasteiger partial charge in [-0.05, 0) is 31.2 Å². The molecule has 1 aromatic carbocycles. The van der Waals surface area contributed by atoms with Gasteiger partial charge in [0.25, 0.3) is 0 Å². The third kappa shape index (κ3) is 3.44. The number of benzene rings is 1. The van der Waals surface area contributed by atoms with Gasteiger partial charge in [-0.1, -0.05) is 0 Å². The number of nitrogens with two attached hydrogens (primary N) is 1. The molecule has 1 aromatic rings. The lowest BCUT2D eigenvalue weighted by Gasteiger charge is -2.21. The number of nitrogens with zero attached hydrogens (tertiary/aromatic N) is 1. The van der Waals surface area contributed by atoms with E-state index >= 15 is 0 Å². The summed E-state index contributed by atoms with van der Waals surface area (Å²) in [6.45, 7) is 3.80. The fourth-order valence-electron chi connectivity index (χ4n) is 1.28. The molecule has 0 fully saturated rings. The molecule has 0 heterocycles. The highest BCUT2D eigenvalue weighted by atomic mass is 35.5. The van der Waals surface area contributed by atoms with Crippen LogP contribution in [0.25, 0.3) is 0 Å². The maximum absolute atomic E-state index is 8.82. The minimum atomic E-state index is 0. The number of halogens is 1. The minimum absolute atomic E-state index is 0. The van der Waals surface area contributed by atoms with Crippen molar-refractivity contribution in [3.8, 4) is 0 Å². The molecule has 1 rings (SSSR count). The molecule has 14 heavy (non-hydrogen) atoms. The zero-order valence-corrected chi connectivity index (χ0v) is 9.13. The number of likely N-dealkylation sites (N-methyl/N-ethyl adjacent to an activating group) is 1. The predicted octanol–water partition coefficient (Wildman–Crippen LogP) is 1.51. The smallest absolute Gasteiger partial charge is 0.0606 e. The van der Waals surface area contributed by atoms with Crippen molar-refractivity contribution in [2.45, 2.75) is 6.92 Å². The highest BCUT2D eigenvalue weighted by molar-refractivity contribution is 5.85. The molecule has 0 saturated carbocycles. The summed E-state index contributed by atoms with van der Waals surface area (Å²) < 4.78 is 0. The van der Waals surface area contributed by atoms with Gasteiger partial charge in [-0.25, -0.2) is 0 Å². The summed E-state index contributed by atoms with van der Waals surface area (Å²) in [5, 5.41) is 8.82. The van der Waals surface area contributed by atoms with Crippen LogP contribution in [0.15, 0.2) is 24.3 Å². The quantitative estimate of drug-likeness (QED) is 0.751. The summed E-state index contributed by atoms with van der Waals surface area (Å²) in [7, 11) is 0. The molecule has 0 amide bonds. The van der Waals surface area contributed by atoms with Gasteiger partial charge in [-0.2, -0.15) is 0 Å². The molecular weight excluding hydrogens is 200 g/mol. The Bertz CT molecular complexity index is 251. The first-order chi connectivity index (χ1) is 6.27. The van der Waals surface area contributed by atoms with E-state index in [0.717, 1.165) is 17.9 Å². The van der Waals surface area contributed by atoms with E-state index in [1.807, 2.05) is 24.3 Å². The summed E-state index contributed by atoms with van der Waals surface area (Å²) in [5.74, 6) is 0. The van der Waals surface area contributed by atoms with E-state index < -0.39 is 0 Å². The van der Waals surface area contributed by atoms with Crippen molar-refractivity contribution in [3.63, 3.8) is 0 Å². The van der Waals surface area contributed by atoms with Crippen molar-refractivity contribution in [2.75, 3.05) is 30.3 Å². The fourth-order valence-corrected chi connectivity index (χ4v) is 1.28. The Balaban J connectivity index is 0.00000169. The molecule has 0 bridgehead atoms. The molecule has 0 unspecified atom stereocenters. The van der Waals surface area contributed by atoms with Crippen LogP contribution in [0.2, 0.25) is 0 Å². The Morgan fingerprint density at radius 2 is 1.86 bits per heavy atom. The molecule has 0 radical (unpaired) electrons. The SMILES string of the molecule is CCN(CCO)c1ccc(N)cc1.Cl. The molecule has 0 aliphatic carbocycles. The van der Waals surface area contributed by atoms with Crippen LogP contribution in [-0.4, -0.2) is 24.8 Å². The first-order valence-electron chi connectivity index (χ1n) is 4.49. The van der Waals surface area contributed by atoms with Crippen LogP contribution in [0.3, 0.4) is 0 Å². The van der Waals surface area contributed by atoms with E-state index in [4.69, 9.17) is 10.8 Å². The van der Waals surface area contributed by atoms with Crippen LogP contribution in [0, 0.1) is 0 Å². The molecule has 3 nitrogen and oxygen atoms in total. The first kappa shape index (κ1) is 13.1. The van der Waals surface area contributed by atoms with E-state index in [9.17, 15) is 0 Å². The number of rotatable bonds is 4. The average Bonchev–Trinajstić information content (AvgIpc) is 2.16. The van der Waals surface area contributed by atoms with Gasteiger partial charge in [0.2, 0.25) is 0 Å². The van der Waals surface area contributed by atoms with Crippen molar-refractivity contribution in [1.29, 1.82) is 0 Å².